The first kappa shape index (κ1) is 19.7. The lowest BCUT2D eigenvalue weighted by atomic mass is 9.87. The molecule has 2 aromatic carbocycles. The number of ether oxygens (including phenoxy) is 1. The average molecular weight is 410 g/mol. The molecule has 1 amide bonds. The number of carbonyl (C=O) groups is 1. The fourth-order valence-corrected chi connectivity index (χ4v) is 3.65. The maximum Gasteiger partial charge on any atom is 0.221 e. The van der Waals surface area contributed by atoms with Crippen molar-refractivity contribution in [1.29, 1.82) is 0 Å². The van der Waals surface area contributed by atoms with E-state index in [1.807, 2.05) is 12.1 Å². The van der Waals surface area contributed by atoms with E-state index < -0.39 is 17.6 Å². The van der Waals surface area contributed by atoms with Crippen molar-refractivity contribution < 1.29 is 22.7 Å². The van der Waals surface area contributed by atoms with E-state index in [0.717, 1.165) is 17.0 Å². The summed E-state index contributed by atoms with van der Waals surface area (Å²) in [5.41, 5.74) is 1.73. The van der Waals surface area contributed by atoms with Gasteiger partial charge in [-0.1, -0.05) is 12.1 Å². The molecule has 0 radical (unpaired) electrons. The quantitative estimate of drug-likeness (QED) is 0.456. The van der Waals surface area contributed by atoms with Crippen LogP contribution in [0, 0.1) is 11.6 Å². The maximum atomic E-state index is 14.7. The molecule has 4 aromatic rings. The third-order valence-electron chi connectivity index (χ3n) is 5.06. The summed E-state index contributed by atoms with van der Waals surface area (Å²) < 4.78 is 38.9. The van der Waals surface area contributed by atoms with Crippen LogP contribution in [0.15, 0.2) is 65.4 Å². The van der Waals surface area contributed by atoms with E-state index in [2.05, 4.69) is 10.3 Å². The first-order chi connectivity index (χ1) is 14.6. The molecule has 154 valence electrons. The van der Waals surface area contributed by atoms with Gasteiger partial charge < -0.3 is 19.5 Å². The Morgan fingerprint density at radius 3 is 2.77 bits per heavy atom. The number of aromatic nitrogens is 1. The van der Waals surface area contributed by atoms with Crippen molar-refractivity contribution in [3.8, 4) is 5.75 Å². The van der Waals surface area contributed by atoms with Crippen LogP contribution >= 0.6 is 0 Å². The largest absolute Gasteiger partial charge is 0.496 e. The van der Waals surface area contributed by atoms with Crippen LogP contribution in [0.5, 0.6) is 5.75 Å². The van der Waals surface area contributed by atoms with Crippen LogP contribution in [0.4, 0.5) is 8.78 Å². The molecule has 5 nitrogen and oxygen atoms in total. The van der Waals surface area contributed by atoms with E-state index in [1.54, 1.807) is 31.5 Å². The normalized spacial score (nSPS) is 12.1. The number of H-pyrrole nitrogens is 1. The minimum Gasteiger partial charge on any atom is -0.496 e. The van der Waals surface area contributed by atoms with Gasteiger partial charge in [-0.2, -0.15) is 0 Å². The van der Waals surface area contributed by atoms with Gasteiger partial charge in [0, 0.05) is 35.5 Å². The van der Waals surface area contributed by atoms with Gasteiger partial charge in [-0.25, -0.2) is 8.78 Å². The number of hydrogen-bond acceptors (Lipinski definition) is 3. The molecule has 0 spiro atoms. The summed E-state index contributed by atoms with van der Waals surface area (Å²) in [7, 11) is 1.55. The van der Waals surface area contributed by atoms with Gasteiger partial charge >= 0.3 is 0 Å². The highest BCUT2D eigenvalue weighted by Crippen LogP contribution is 2.38. The second kappa shape index (κ2) is 8.41. The Kier molecular flexibility index (Phi) is 5.52. The van der Waals surface area contributed by atoms with Crippen molar-refractivity contribution in [1.82, 2.24) is 10.3 Å². The number of aromatic amines is 1. The standard InChI is InChI=1S/C23H20F2N2O3/c1-29-21-6-2-5-20-23(21)18(13-26-20)17(16-8-7-14(24)10-19(16)25)11-22(28)27-12-15-4-3-9-30-15/h2-10,13,17,26H,11-12H2,1H3,(H,27,28). The predicted molar refractivity (Wildman–Crippen MR) is 108 cm³/mol. The summed E-state index contributed by atoms with van der Waals surface area (Å²) in [4.78, 5) is 15.8. The van der Waals surface area contributed by atoms with Crippen LogP contribution in [-0.4, -0.2) is 18.0 Å². The highest BCUT2D eigenvalue weighted by atomic mass is 19.1. The van der Waals surface area contributed by atoms with Gasteiger partial charge in [-0.15, -0.1) is 0 Å². The fraction of sp³-hybridized carbons (Fsp3) is 0.174. The number of halogens is 2. The Labute approximate surface area is 171 Å². The number of rotatable bonds is 7. The minimum absolute atomic E-state index is 0.0335. The summed E-state index contributed by atoms with van der Waals surface area (Å²) in [6.07, 6.45) is 3.23. The molecule has 2 heterocycles. The number of methoxy groups -OCH3 is 1. The lowest BCUT2D eigenvalue weighted by Crippen LogP contribution is -2.25. The van der Waals surface area contributed by atoms with E-state index in [0.29, 0.717) is 17.1 Å². The van der Waals surface area contributed by atoms with Crippen molar-refractivity contribution in [2.75, 3.05) is 7.11 Å². The zero-order valence-electron chi connectivity index (χ0n) is 16.2. The zero-order chi connectivity index (χ0) is 21.1. The molecule has 4 rings (SSSR count). The van der Waals surface area contributed by atoms with Gasteiger partial charge in [-0.05, 0) is 41.5 Å². The molecule has 0 fully saturated rings. The zero-order valence-corrected chi connectivity index (χ0v) is 16.2. The molecule has 2 N–H and O–H groups in total. The van der Waals surface area contributed by atoms with Crippen LogP contribution in [0.3, 0.4) is 0 Å². The molecular weight excluding hydrogens is 390 g/mol. The number of fused-ring (bicyclic) bond motifs is 1. The summed E-state index contributed by atoms with van der Waals surface area (Å²) in [5, 5.41) is 3.54. The van der Waals surface area contributed by atoms with Crippen molar-refractivity contribution in [2.24, 2.45) is 0 Å². The van der Waals surface area contributed by atoms with Crippen molar-refractivity contribution >= 4 is 16.8 Å². The highest BCUT2D eigenvalue weighted by molar-refractivity contribution is 5.91. The first-order valence-electron chi connectivity index (χ1n) is 9.45. The van der Waals surface area contributed by atoms with Crippen LogP contribution < -0.4 is 10.1 Å². The third-order valence-corrected chi connectivity index (χ3v) is 5.06. The average Bonchev–Trinajstić information content (AvgIpc) is 3.40. The Hall–Kier alpha value is -3.61. The van der Waals surface area contributed by atoms with Crippen LogP contribution in [0.1, 0.15) is 29.2 Å². The maximum absolute atomic E-state index is 14.7. The SMILES string of the molecule is COc1cccc2[nH]cc(C(CC(=O)NCc3ccco3)c3ccc(F)cc3F)c12. The number of benzene rings is 2. The predicted octanol–water partition coefficient (Wildman–Crippen LogP) is 4.89. The van der Waals surface area contributed by atoms with E-state index in [1.165, 1.54) is 18.4 Å². The second-order valence-corrected chi connectivity index (χ2v) is 6.91. The van der Waals surface area contributed by atoms with Gasteiger partial charge in [0.25, 0.3) is 0 Å². The topological polar surface area (TPSA) is 67.3 Å². The molecule has 7 heteroatoms. The summed E-state index contributed by atoms with van der Waals surface area (Å²) >= 11 is 0. The summed E-state index contributed by atoms with van der Waals surface area (Å²) in [6.45, 7) is 0.224. The molecule has 1 unspecified atom stereocenters. The van der Waals surface area contributed by atoms with Crippen LogP contribution in [0.2, 0.25) is 0 Å². The molecule has 0 aliphatic carbocycles. The summed E-state index contributed by atoms with van der Waals surface area (Å²) in [6, 6.07) is 12.4. The van der Waals surface area contributed by atoms with Gasteiger partial charge in [-0.3, -0.25) is 4.79 Å². The molecule has 0 bridgehead atoms. The van der Waals surface area contributed by atoms with Crippen LogP contribution in [-0.2, 0) is 11.3 Å². The highest BCUT2D eigenvalue weighted by Gasteiger charge is 2.26. The summed E-state index contributed by atoms with van der Waals surface area (Å²) in [5.74, 6) is -1.10. The van der Waals surface area contributed by atoms with E-state index in [9.17, 15) is 13.6 Å². The number of hydrogen-bond donors (Lipinski definition) is 2. The number of amides is 1. The number of carbonyl (C=O) groups excluding carboxylic acids is 1. The van der Waals surface area contributed by atoms with Gasteiger partial charge in [0.15, 0.2) is 0 Å². The molecule has 0 aliphatic heterocycles. The molecular formula is C23H20F2N2O3. The number of nitrogens with one attached hydrogen (secondary N) is 2. The van der Waals surface area contributed by atoms with E-state index in [4.69, 9.17) is 9.15 Å². The van der Waals surface area contributed by atoms with Crippen molar-refractivity contribution in [3.05, 3.63) is 89.5 Å². The van der Waals surface area contributed by atoms with Gasteiger partial charge in [0.2, 0.25) is 5.91 Å². The molecule has 2 aromatic heterocycles. The monoisotopic (exact) mass is 410 g/mol. The smallest absolute Gasteiger partial charge is 0.221 e. The Balaban J connectivity index is 1.72. The molecule has 0 saturated heterocycles. The van der Waals surface area contributed by atoms with E-state index in [-0.39, 0.29) is 24.4 Å². The Bertz CT molecular complexity index is 1170. The lowest BCUT2D eigenvalue weighted by Gasteiger charge is -2.18. The first-order valence-corrected chi connectivity index (χ1v) is 9.45. The molecule has 0 aliphatic rings. The minimum atomic E-state index is -0.705. The molecule has 0 saturated carbocycles. The lowest BCUT2D eigenvalue weighted by molar-refractivity contribution is -0.121. The fourth-order valence-electron chi connectivity index (χ4n) is 3.65. The molecule has 30 heavy (non-hydrogen) atoms. The van der Waals surface area contributed by atoms with Gasteiger partial charge in [0.1, 0.15) is 23.1 Å². The Morgan fingerprint density at radius 2 is 2.03 bits per heavy atom. The number of furan rings is 1. The second-order valence-electron chi connectivity index (χ2n) is 6.91. The van der Waals surface area contributed by atoms with Crippen molar-refractivity contribution in [2.45, 2.75) is 18.9 Å². The van der Waals surface area contributed by atoms with E-state index >= 15 is 0 Å². The van der Waals surface area contributed by atoms with Crippen LogP contribution in [0.25, 0.3) is 10.9 Å². The van der Waals surface area contributed by atoms with Gasteiger partial charge in [0.05, 0.1) is 19.9 Å². The third kappa shape index (κ3) is 3.91. The molecule has 1 atom stereocenters. The van der Waals surface area contributed by atoms with Crippen molar-refractivity contribution in [3.63, 3.8) is 0 Å². The Morgan fingerprint density at radius 1 is 1.17 bits per heavy atom.